The van der Waals surface area contributed by atoms with Gasteiger partial charge in [-0.25, -0.2) is 4.39 Å². The second-order valence-electron chi connectivity index (χ2n) is 11.8. The number of carboxylic acid groups (broad SMARTS) is 1. The summed E-state index contributed by atoms with van der Waals surface area (Å²) in [5.74, 6) is -1.56. The Morgan fingerprint density at radius 3 is 2.39 bits per heavy atom. The van der Waals surface area contributed by atoms with Crippen LogP contribution in [0.1, 0.15) is 100 Å². The van der Waals surface area contributed by atoms with Crippen molar-refractivity contribution in [1.29, 1.82) is 0 Å². The van der Waals surface area contributed by atoms with Gasteiger partial charge in [-0.3, -0.25) is 19.4 Å². The molecule has 1 aliphatic carbocycles. The number of hydrogen-bond acceptors (Lipinski definition) is 4. The van der Waals surface area contributed by atoms with Crippen LogP contribution in [0.5, 0.6) is 0 Å². The maximum Gasteiger partial charge on any atom is 0.305 e. The molecule has 2 aromatic carbocycles. The van der Waals surface area contributed by atoms with E-state index in [1.165, 1.54) is 12.1 Å². The van der Waals surface area contributed by atoms with Gasteiger partial charge in [-0.2, -0.15) is 0 Å². The number of aliphatic carboxylic acids is 1. The van der Waals surface area contributed by atoms with E-state index in [-0.39, 0.29) is 41.3 Å². The molecule has 4 rings (SSSR count). The molecule has 1 unspecified atom stereocenters. The van der Waals surface area contributed by atoms with Crippen LogP contribution in [0.15, 0.2) is 47.5 Å². The molecule has 9 heteroatoms. The molecular weight excluding hydrogens is 545 g/mol. The maximum absolute atomic E-state index is 14.2. The lowest BCUT2D eigenvalue weighted by Crippen LogP contribution is -2.51. The lowest BCUT2D eigenvalue weighted by atomic mass is 9.67. The summed E-state index contributed by atoms with van der Waals surface area (Å²) >= 11 is 6.10. The summed E-state index contributed by atoms with van der Waals surface area (Å²) < 4.78 is 14.0. The minimum atomic E-state index is -0.979. The zero-order valence-corrected chi connectivity index (χ0v) is 24.9. The van der Waals surface area contributed by atoms with Gasteiger partial charge in [0.1, 0.15) is 17.2 Å². The average molecular weight is 584 g/mol. The Morgan fingerprint density at radius 2 is 1.83 bits per heavy atom. The number of nitrogens with zero attached hydrogens (tertiary/aromatic N) is 2. The van der Waals surface area contributed by atoms with E-state index in [2.05, 4.69) is 26.1 Å². The van der Waals surface area contributed by atoms with Crippen LogP contribution in [0, 0.1) is 17.2 Å². The Hall–Kier alpha value is -3.26. The van der Waals surface area contributed by atoms with Crippen LogP contribution in [0.4, 0.5) is 4.39 Å². The Morgan fingerprint density at radius 1 is 1.17 bits per heavy atom. The Balaban J connectivity index is 1.66. The van der Waals surface area contributed by atoms with Gasteiger partial charge in [0.25, 0.3) is 11.8 Å². The number of aliphatic imine (C=N–C) groups is 1. The van der Waals surface area contributed by atoms with Gasteiger partial charge < -0.3 is 15.3 Å². The van der Waals surface area contributed by atoms with Crippen molar-refractivity contribution in [3.05, 3.63) is 70.0 Å². The smallest absolute Gasteiger partial charge is 0.305 e. The van der Waals surface area contributed by atoms with Gasteiger partial charge in [0.15, 0.2) is 0 Å². The third-order valence-corrected chi connectivity index (χ3v) is 9.36. The minimum Gasteiger partial charge on any atom is -0.481 e. The number of carbonyl (C=O) groups is 3. The van der Waals surface area contributed by atoms with E-state index in [1.54, 1.807) is 18.2 Å². The summed E-state index contributed by atoms with van der Waals surface area (Å²) in [6.45, 7) is 8.89. The Labute approximate surface area is 246 Å². The minimum absolute atomic E-state index is 0.0433. The molecule has 220 valence electrons. The first kappa shape index (κ1) is 30.7. The molecule has 2 aliphatic rings. The first-order valence-electron chi connectivity index (χ1n) is 14.4. The Kier molecular flexibility index (Phi) is 9.22. The van der Waals surface area contributed by atoms with Crippen molar-refractivity contribution in [2.75, 3.05) is 6.54 Å². The number of amides is 2. The van der Waals surface area contributed by atoms with Crippen molar-refractivity contribution in [2.45, 2.75) is 84.3 Å². The topological polar surface area (TPSA) is 99.1 Å². The average Bonchev–Trinajstić information content (AvgIpc) is 3.22. The third kappa shape index (κ3) is 6.32. The van der Waals surface area contributed by atoms with Gasteiger partial charge in [-0.1, -0.05) is 57.8 Å². The molecule has 41 heavy (non-hydrogen) atoms. The number of carbonyl (C=O) groups excluding carboxylic acids is 2. The number of rotatable bonds is 10. The largest absolute Gasteiger partial charge is 0.481 e. The third-order valence-electron chi connectivity index (χ3n) is 9.07. The van der Waals surface area contributed by atoms with Crippen LogP contribution in [-0.2, 0) is 9.59 Å². The lowest BCUT2D eigenvalue weighted by molar-refractivity contribution is -0.137. The van der Waals surface area contributed by atoms with E-state index < -0.39 is 17.4 Å². The van der Waals surface area contributed by atoms with Crippen LogP contribution in [0.25, 0.3) is 0 Å². The fourth-order valence-electron chi connectivity index (χ4n) is 6.19. The summed E-state index contributed by atoms with van der Waals surface area (Å²) in [5.41, 5.74) is 1.57. The first-order chi connectivity index (χ1) is 19.4. The highest BCUT2D eigenvalue weighted by Gasteiger charge is 2.52. The predicted molar refractivity (Wildman–Crippen MR) is 158 cm³/mol. The van der Waals surface area contributed by atoms with Gasteiger partial charge in [0.2, 0.25) is 0 Å². The molecule has 0 saturated heterocycles. The molecule has 0 radical (unpaired) electrons. The van der Waals surface area contributed by atoms with Crippen LogP contribution in [0.2, 0.25) is 5.02 Å². The van der Waals surface area contributed by atoms with E-state index >= 15 is 0 Å². The second-order valence-corrected chi connectivity index (χ2v) is 12.2. The number of nitrogens with one attached hydrogen (secondary N) is 1. The number of hydrogen-bond donors (Lipinski definition) is 2. The summed E-state index contributed by atoms with van der Waals surface area (Å²) in [5, 5.41) is 11.4. The van der Waals surface area contributed by atoms with E-state index in [0.717, 1.165) is 37.7 Å². The standard InChI is InChI=1S/C32H39ClFN3O4/c1-5-26(20-7-9-21(10-8-20)29(40)35-18-15-27(38)39)37-30(41)28(22-11-12-25(34)24(33)19-22)36-32(37)16-13-23(14-17-32)31(3,4)6-2/h7-12,19,23,26H,5-6,13-18H2,1-4H3,(H,35,40)(H,38,39). The maximum atomic E-state index is 14.2. The van der Waals surface area contributed by atoms with Gasteiger partial charge in [-0.05, 0) is 79.3 Å². The molecule has 1 heterocycles. The first-order valence-corrected chi connectivity index (χ1v) is 14.8. The molecule has 2 amide bonds. The summed E-state index contributed by atoms with van der Waals surface area (Å²) in [6.07, 6.45) is 4.89. The predicted octanol–water partition coefficient (Wildman–Crippen LogP) is 6.79. The second kappa shape index (κ2) is 12.3. The van der Waals surface area contributed by atoms with Crippen molar-refractivity contribution >= 4 is 35.1 Å². The lowest BCUT2D eigenvalue weighted by Gasteiger charge is -2.48. The number of halogens is 2. The number of carboxylic acids is 1. The van der Waals surface area contributed by atoms with Crippen LogP contribution < -0.4 is 5.32 Å². The van der Waals surface area contributed by atoms with Crippen LogP contribution in [0.3, 0.4) is 0 Å². The number of benzene rings is 2. The van der Waals surface area contributed by atoms with E-state index in [9.17, 15) is 18.8 Å². The molecule has 1 saturated carbocycles. The molecule has 0 bridgehead atoms. The highest BCUT2D eigenvalue weighted by Crippen LogP contribution is 2.50. The van der Waals surface area contributed by atoms with Gasteiger partial charge in [0, 0.05) is 17.7 Å². The van der Waals surface area contributed by atoms with E-state index in [0.29, 0.717) is 29.2 Å². The SMILES string of the molecule is CCC(c1ccc(C(=O)NCCC(=O)O)cc1)N1C(=O)C(c2ccc(F)c(Cl)c2)=NC12CCC(C(C)(C)CC)CC2. The zero-order valence-electron chi connectivity index (χ0n) is 24.2. The van der Waals surface area contributed by atoms with Crippen molar-refractivity contribution < 1.29 is 23.9 Å². The van der Waals surface area contributed by atoms with Gasteiger partial charge in [0.05, 0.1) is 17.5 Å². The van der Waals surface area contributed by atoms with Crippen molar-refractivity contribution in [3.8, 4) is 0 Å². The molecule has 1 aliphatic heterocycles. The van der Waals surface area contributed by atoms with Crippen LogP contribution >= 0.6 is 11.6 Å². The molecule has 7 nitrogen and oxygen atoms in total. The fraction of sp³-hybridized carbons (Fsp3) is 0.500. The Bertz CT molecular complexity index is 1330. The van der Waals surface area contributed by atoms with Crippen molar-refractivity contribution in [3.63, 3.8) is 0 Å². The summed E-state index contributed by atoms with van der Waals surface area (Å²) in [4.78, 5) is 44.5. The van der Waals surface area contributed by atoms with Crippen molar-refractivity contribution in [2.24, 2.45) is 16.3 Å². The molecule has 0 aromatic heterocycles. The molecule has 1 fully saturated rings. The molecular formula is C32H39ClFN3O4. The quantitative estimate of drug-likeness (QED) is 0.322. The highest BCUT2D eigenvalue weighted by molar-refractivity contribution is 6.47. The molecule has 1 spiro atoms. The van der Waals surface area contributed by atoms with E-state index in [4.69, 9.17) is 21.7 Å². The van der Waals surface area contributed by atoms with Crippen LogP contribution in [-0.4, -0.2) is 45.7 Å². The fourth-order valence-corrected chi connectivity index (χ4v) is 6.37. The molecule has 2 N–H and O–H groups in total. The highest BCUT2D eigenvalue weighted by atomic mass is 35.5. The summed E-state index contributed by atoms with van der Waals surface area (Å²) in [7, 11) is 0. The van der Waals surface area contributed by atoms with Gasteiger partial charge >= 0.3 is 5.97 Å². The normalized spacial score (nSPS) is 21.6. The van der Waals surface area contributed by atoms with Crippen molar-refractivity contribution in [1.82, 2.24) is 10.2 Å². The molecule has 2 aromatic rings. The van der Waals surface area contributed by atoms with Gasteiger partial charge in [-0.15, -0.1) is 0 Å². The molecule has 1 atom stereocenters. The summed E-state index contributed by atoms with van der Waals surface area (Å²) in [6, 6.07) is 11.1. The monoisotopic (exact) mass is 583 g/mol. The van der Waals surface area contributed by atoms with E-state index in [1.807, 2.05) is 24.0 Å². The zero-order chi connectivity index (χ0) is 29.9.